The number of benzene rings is 2. The summed E-state index contributed by atoms with van der Waals surface area (Å²) in [6, 6.07) is 15.9. The number of carbonyl (C=O) groups excluding carboxylic acids is 7. The van der Waals surface area contributed by atoms with Crippen molar-refractivity contribution in [1.29, 1.82) is 0 Å². The Bertz CT molecular complexity index is 1620. The van der Waals surface area contributed by atoms with Crippen LogP contribution in [0.15, 0.2) is 60.7 Å². The third-order valence-corrected chi connectivity index (χ3v) is 8.02. The summed E-state index contributed by atoms with van der Waals surface area (Å²) in [4.78, 5) is 90.2. The zero-order valence-electron chi connectivity index (χ0n) is 29.9. The Hall–Kier alpha value is -5.55. The number of amides is 2. The number of ether oxygens (including phenoxy) is 8. The minimum atomic E-state index is -1.72. The van der Waals surface area contributed by atoms with Crippen LogP contribution in [0.2, 0.25) is 0 Å². The molecule has 0 saturated carbocycles. The van der Waals surface area contributed by atoms with E-state index in [-0.39, 0.29) is 32.5 Å². The number of rotatable bonds is 12. The van der Waals surface area contributed by atoms with Crippen molar-refractivity contribution in [2.24, 2.45) is 0 Å². The molecule has 2 aliphatic heterocycles. The second-order valence-electron chi connectivity index (χ2n) is 12.1. The van der Waals surface area contributed by atoms with Crippen LogP contribution in [0.3, 0.4) is 0 Å². The first-order valence-electron chi connectivity index (χ1n) is 16.7. The monoisotopic (exact) mass is 742 g/mol. The van der Waals surface area contributed by atoms with Gasteiger partial charge in [-0.25, -0.2) is 14.4 Å². The number of methoxy groups -OCH3 is 1. The van der Waals surface area contributed by atoms with Gasteiger partial charge >= 0.3 is 36.1 Å². The molecule has 17 heteroatoms. The molecule has 2 aromatic carbocycles. The lowest BCUT2D eigenvalue weighted by Crippen LogP contribution is -2.67. The Morgan fingerprint density at radius 2 is 1.15 bits per heavy atom. The van der Waals surface area contributed by atoms with E-state index in [1.54, 1.807) is 60.7 Å². The molecular weight excluding hydrogens is 700 g/mol. The summed E-state index contributed by atoms with van der Waals surface area (Å²) in [7, 11) is 1.11. The molecule has 0 aliphatic carbocycles. The Kier molecular flexibility index (Phi) is 14.3. The number of hydrazine groups is 1. The molecule has 0 aromatic heterocycles. The van der Waals surface area contributed by atoms with Gasteiger partial charge in [0.1, 0.15) is 25.1 Å². The fourth-order valence-corrected chi connectivity index (χ4v) is 5.87. The van der Waals surface area contributed by atoms with Gasteiger partial charge in [-0.1, -0.05) is 60.7 Å². The maximum absolute atomic E-state index is 14.0. The van der Waals surface area contributed by atoms with E-state index in [0.29, 0.717) is 11.1 Å². The number of Topliss-reactive ketones (excluding diaryl/α,β-unsaturated/α-hetero) is 1. The Morgan fingerprint density at radius 1 is 0.660 bits per heavy atom. The topological polar surface area (TPSA) is 200 Å². The minimum absolute atomic E-state index is 0.133. The smallest absolute Gasteiger partial charge is 0.431 e. The van der Waals surface area contributed by atoms with Gasteiger partial charge in [0.05, 0.1) is 7.11 Å². The normalized spacial score (nSPS) is 23.9. The molecule has 7 atom stereocenters. The summed E-state index contributed by atoms with van der Waals surface area (Å²) in [6.07, 6.45) is -12.1. The molecule has 4 rings (SSSR count). The minimum Gasteiger partial charge on any atom is -0.467 e. The number of nitrogens with zero attached hydrogens (tertiary/aromatic N) is 2. The number of hydrogen-bond donors (Lipinski definition) is 0. The fraction of sp³-hybridized carbons (Fsp3) is 0.472. The van der Waals surface area contributed by atoms with Crippen molar-refractivity contribution in [2.75, 3.05) is 7.11 Å². The highest BCUT2D eigenvalue weighted by Gasteiger charge is 2.55. The molecule has 0 radical (unpaired) electrons. The van der Waals surface area contributed by atoms with Crippen LogP contribution in [0.25, 0.3) is 0 Å². The predicted molar refractivity (Wildman–Crippen MR) is 177 cm³/mol. The highest BCUT2D eigenvalue weighted by atomic mass is 16.7. The molecule has 2 heterocycles. The van der Waals surface area contributed by atoms with E-state index in [9.17, 15) is 33.6 Å². The highest BCUT2D eigenvalue weighted by molar-refractivity contribution is 5.83. The van der Waals surface area contributed by atoms with Crippen molar-refractivity contribution in [3.8, 4) is 0 Å². The maximum Gasteiger partial charge on any atom is 0.431 e. The van der Waals surface area contributed by atoms with E-state index in [0.717, 1.165) is 37.9 Å². The van der Waals surface area contributed by atoms with Crippen LogP contribution >= 0.6 is 0 Å². The van der Waals surface area contributed by atoms with E-state index in [1.807, 2.05) is 0 Å². The molecule has 0 N–H and O–H groups in total. The summed E-state index contributed by atoms with van der Waals surface area (Å²) < 4.78 is 44.9. The quantitative estimate of drug-likeness (QED) is 0.226. The zero-order valence-corrected chi connectivity index (χ0v) is 29.9. The highest BCUT2D eigenvalue weighted by Crippen LogP contribution is 2.35. The average molecular weight is 743 g/mol. The Labute approximate surface area is 305 Å². The van der Waals surface area contributed by atoms with Gasteiger partial charge in [0.25, 0.3) is 0 Å². The van der Waals surface area contributed by atoms with Gasteiger partial charge < -0.3 is 37.9 Å². The average Bonchev–Trinajstić information content (AvgIpc) is 3.12. The van der Waals surface area contributed by atoms with Crippen molar-refractivity contribution in [3.05, 3.63) is 71.8 Å². The molecular formula is C36H42N2O15. The molecule has 53 heavy (non-hydrogen) atoms. The van der Waals surface area contributed by atoms with Crippen LogP contribution in [0.5, 0.6) is 0 Å². The van der Waals surface area contributed by atoms with Gasteiger partial charge in [-0.2, -0.15) is 10.0 Å². The van der Waals surface area contributed by atoms with Crippen molar-refractivity contribution in [3.63, 3.8) is 0 Å². The van der Waals surface area contributed by atoms with Crippen molar-refractivity contribution in [1.82, 2.24) is 10.0 Å². The van der Waals surface area contributed by atoms with Gasteiger partial charge in [0, 0.05) is 27.2 Å². The maximum atomic E-state index is 14.0. The molecule has 0 unspecified atom stereocenters. The van der Waals surface area contributed by atoms with Crippen LogP contribution in [0, 0.1) is 0 Å². The molecule has 2 aromatic rings. The number of esters is 4. The van der Waals surface area contributed by atoms with Crippen molar-refractivity contribution in [2.45, 2.75) is 103 Å². The lowest BCUT2D eigenvalue weighted by atomic mass is 9.94. The Morgan fingerprint density at radius 3 is 1.64 bits per heavy atom. The molecule has 286 valence electrons. The van der Waals surface area contributed by atoms with E-state index in [4.69, 9.17) is 37.9 Å². The second kappa shape index (κ2) is 18.8. The van der Waals surface area contributed by atoms with E-state index in [1.165, 1.54) is 6.92 Å². The lowest BCUT2D eigenvalue weighted by Gasteiger charge is -2.48. The van der Waals surface area contributed by atoms with Gasteiger partial charge in [-0.15, -0.1) is 0 Å². The lowest BCUT2D eigenvalue weighted by molar-refractivity contribution is -0.333. The zero-order chi connectivity index (χ0) is 38.7. The van der Waals surface area contributed by atoms with Gasteiger partial charge in [0.2, 0.25) is 6.29 Å². The molecule has 0 spiro atoms. The Balaban J connectivity index is 1.76. The van der Waals surface area contributed by atoms with E-state index < -0.39 is 84.8 Å². The van der Waals surface area contributed by atoms with Crippen molar-refractivity contribution < 1.29 is 71.5 Å². The summed E-state index contributed by atoms with van der Waals surface area (Å²) in [5.41, 5.74) is 1.20. The molecule has 2 fully saturated rings. The van der Waals surface area contributed by atoms with Crippen LogP contribution in [-0.2, 0) is 75.1 Å². The first kappa shape index (κ1) is 40.2. The summed E-state index contributed by atoms with van der Waals surface area (Å²) in [5, 5.41) is 1.45. The molecule has 2 aliphatic rings. The summed E-state index contributed by atoms with van der Waals surface area (Å²) in [6.45, 7) is 3.97. The number of hydrogen-bond acceptors (Lipinski definition) is 15. The molecule has 2 saturated heterocycles. The second-order valence-corrected chi connectivity index (χ2v) is 12.1. The van der Waals surface area contributed by atoms with E-state index in [2.05, 4.69) is 0 Å². The van der Waals surface area contributed by atoms with Crippen LogP contribution < -0.4 is 0 Å². The van der Waals surface area contributed by atoms with Crippen molar-refractivity contribution >= 4 is 41.8 Å². The third kappa shape index (κ3) is 11.0. The van der Waals surface area contributed by atoms with Gasteiger partial charge in [0.15, 0.2) is 30.6 Å². The fourth-order valence-electron chi connectivity index (χ4n) is 5.87. The van der Waals surface area contributed by atoms with Crippen LogP contribution in [0.4, 0.5) is 9.59 Å². The molecule has 2 amide bonds. The summed E-state index contributed by atoms with van der Waals surface area (Å²) in [5.74, 6) is -3.84. The number of ketones is 1. The van der Waals surface area contributed by atoms with E-state index >= 15 is 0 Å². The molecule has 0 bridgehead atoms. The number of carbonyl (C=O) groups is 7. The van der Waals surface area contributed by atoms with Gasteiger partial charge in [-0.05, 0) is 30.9 Å². The SMILES string of the molecule is COC(=O)[C@@H]1CC[C@H](O[C@@H]2O[C@H](CC(C)=O)[C@H](OC(C)=O)[C@@H](OC(C)=O)[C@H]2OC(C)=O)N(C(=O)OCc2ccccc2)N1C(=O)OCc1ccccc1. The molecule has 17 nitrogen and oxygen atoms in total. The van der Waals surface area contributed by atoms with Crippen LogP contribution in [0.1, 0.15) is 58.1 Å². The van der Waals surface area contributed by atoms with Crippen LogP contribution in [-0.4, -0.2) is 102 Å². The summed E-state index contributed by atoms with van der Waals surface area (Å²) >= 11 is 0. The van der Waals surface area contributed by atoms with Gasteiger partial charge in [-0.3, -0.25) is 19.2 Å². The first-order valence-corrected chi connectivity index (χ1v) is 16.7. The first-order chi connectivity index (χ1) is 25.3. The third-order valence-electron chi connectivity index (χ3n) is 8.02. The predicted octanol–water partition coefficient (Wildman–Crippen LogP) is 3.36. The largest absolute Gasteiger partial charge is 0.467 e. The standard InChI is InChI=1S/C36H42N2O15/c1-21(39)18-28-30(49-22(2)40)31(50-23(3)41)32(51-24(4)42)34(52-28)53-29-17-16-27(33(43)46-5)37(35(44)47-19-25-12-8-6-9-13-25)38(29)36(45)48-20-26-14-10-7-11-15-26/h6-15,27-32,34H,16-20H2,1-5H3/t27-,28+,29-,30-,31+,32+,34-/m0/s1.